The summed E-state index contributed by atoms with van der Waals surface area (Å²) in [6.45, 7) is 3.46. The second-order valence-electron chi connectivity index (χ2n) is 18.9. The maximum absolute atomic E-state index is 12.6. The van der Waals surface area contributed by atoms with Gasteiger partial charge in [0.15, 0.2) is 0 Å². The van der Waals surface area contributed by atoms with Crippen molar-refractivity contribution < 1.29 is 50.8 Å². The Morgan fingerprint density at radius 2 is 0.717 bits per heavy atom. The quantitative estimate of drug-likeness (QED) is 0.0431. The molecule has 14 nitrogen and oxygen atoms in total. The number of aliphatic hydroxyl groups is 1. The van der Waals surface area contributed by atoms with E-state index in [1.54, 1.807) is 98.7 Å². The number of rotatable bonds is 10. The summed E-state index contributed by atoms with van der Waals surface area (Å²) in [6.07, 6.45) is 7.26. The number of nitrogens with zero attached hydrogens (tertiary/aromatic N) is 5. The molecule has 0 aliphatic rings. The number of nitrogens with two attached hydrogens (primary N) is 2. The van der Waals surface area contributed by atoms with Crippen LogP contribution in [0.1, 0.15) is 19.4 Å². The van der Waals surface area contributed by atoms with Crippen LogP contribution in [-0.4, -0.2) is 55.3 Å². The normalized spacial score (nSPS) is 10.9. The van der Waals surface area contributed by atoms with E-state index in [0.29, 0.717) is 16.1 Å². The third-order valence-electron chi connectivity index (χ3n) is 11.8. The Morgan fingerprint density at radius 1 is 0.413 bits per heavy atom. The summed E-state index contributed by atoms with van der Waals surface area (Å²) in [5.41, 5.74) is 12.7. The topological polar surface area (TPSA) is 239 Å². The number of halogens is 8. The summed E-state index contributed by atoms with van der Waals surface area (Å²) in [4.78, 5) is 23.5. The Morgan fingerprint density at radius 3 is 1.03 bits per heavy atom. The summed E-state index contributed by atoms with van der Waals surface area (Å²) in [5, 5.41) is 11.4. The van der Waals surface area contributed by atoms with Crippen molar-refractivity contribution in [3.05, 3.63) is 280 Å². The first-order valence-electron chi connectivity index (χ1n) is 26.0. The van der Waals surface area contributed by atoms with E-state index in [4.69, 9.17) is 46.3 Å². The van der Waals surface area contributed by atoms with Crippen LogP contribution in [0.5, 0.6) is 0 Å². The third kappa shape index (κ3) is 25.2. The van der Waals surface area contributed by atoms with Crippen molar-refractivity contribution in [2.24, 2.45) is 0 Å². The summed E-state index contributed by atoms with van der Waals surface area (Å²) in [7, 11) is -10.7. The van der Waals surface area contributed by atoms with Gasteiger partial charge in [-0.05, 0) is 223 Å². The van der Waals surface area contributed by atoms with Gasteiger partial charge in [-0.3, -0.25) is 0 Å². The van der Waals surface area contributed by atoms with Gasteiger partial charge in [0, 0.05) is 87.6 Å². The molecule has 0 atom stereocenters. The molecule has 28 heteroatoms. The molecule has 0 amide bonds. The zero-order valence-corrected chi connectivity index (χ0v) is 64.2. The van der Waals surface area contributed by atoms with Crippen LogP contribution in [0.15, 0.2) is 299 Å². The molecule has 5 heterocycles. The molecule has 0 spiro atoms. The Bertz CT molecular complexity index is 4120. The molecule has 0 aliphatic carbocycles. The van der Waals surface area contributed by atoms with Crippen LogP contribution < -0.4 is 11.5 Å². The monoisotopic (exact) mass is 1840 g/mol. The van der Waals surface area contributed by atoms with E-state index in [-0.39, 0.29) is 60.8 Å². The maximum Gasteiger partial charge on any atom is 0.208 e. The van der Waals surface area contributed by atoms with Gasteiger partial charge >= 0.3 is 0 Å². The van der Waals surface area contributed by atoms with Gasteiger partial charge in [0.05, 0.1) is 35.0 Å². The maximum atomic E-state index is 12.6. The van der Waals surface area contributed by atoms with Gasteiger partial charge in [-0.15, -0.1) is 12.6 Å². The number of hydrogen-bond acceptors (Lipinski definition) is 16. The first-order valence-corrected chi connectivity index (χ1v) is 37.1. The van der Waals surface area contributed by atoms with Crippen LogP contribution in [0.2, 0.25) is 15.5 Å². The van der Waals surface area contributed by atoms with Crippen molar-refractivity contribution in [1.29, 1.82) is 0 Å². The number of benzene rings is 6. The zero-order chi connectivity index (χ0) is 66.5. The summed E-state index contributed by atoms with van der Waals surface area (Å²) in [6, 6.07) is 59.1. The molecule has 0 unspecified atom stereocenters. The van der Waals surface area contributed by atoms with Crippen LogP contribution >= 0.6 is 146 Å². The van der Waals surface area contributed by atoms with Gasteiger partial charge in [0.2, 0.25) is 29.5 Å². The number of pyridine rings is 5. The molecule has 480 valence electrons. The van der Waals surface area contributed by atoms with Crippen LogP contribution in [0.3, 0.4) is 0 Å². The summed E-state index contributed by atoms with van der Waals surface area (Å²) < 4.78 is 78.8. The molecule has 6 aromatic carbocycles. The van der Waals surface area contributed by atoms with Gasteiger partial charge in [0.1, 0.15) is 27.1 Å². The van der Waals surface area contributed by atoms with E-state index in [1.165, 1.54) is 84.1 Å². The first kappa shape index (κ1) is 78.1. The average Bonchev–Trinajstić information content (AvgIpc) is 0.866. The second kappa shape index (κ2) is 37.0. The fourth-order valence-electron chi connectivity index (χ4n) is 7.02. The first-order chi connectivity index (χ1) is 43.0. The summed E-state index contributed by atoms with van der Waals surface area (Å²) >= 11 is 38.0. The van der Waals surface area contributed by atoms with Crippen LogP contribution in [0.4, 0.5) is 11.6 Å². The number of anilines is 2. The minimum Gasteiger partial charge on any atom is -0.386 e. The average molecular weight is 1850 g/mol. The number of nitrogen functional groups attached to an aromatic ring is 2. The number of hydrogen-bond donors (Lipinski definition) is 4. The SMILES string of the molecule is CC(C)(O)c1ccc(-c2ccc(S(=O)(=O)c3ccc(N)nc3)cc2)cc1.Clc1ccc(I)cn1.Clc1ccc(Sc2ccc(Br)cc2)cn1.Nc1ccc(S(=O)(=O)c2ccc(Br)cc2)cn1.O=S(=O)(c1ccc(Br)cc1)c1ccc(Cl)nc1.Sc1ccc(Br)cc1.[Pd]. The Hall–Kier alpha value is -4.64. The number of aromatic nitrogens is 5. The van der Waals surface area contributed by atoms with Gasteiger partial charge < -0.3 is 16.6 Å². The van der Waals surface area contributed by atoms with E-state index in [1.807, 2.05) is 72.8 Å². The van der Waals surface area contributed by atoms with Crippen molar-refractivity contribution in [2.75, 3.05) is 11.5 Å². The molecule has 0 aliphatic heterocycles. The van der Waals surface area contributed by atoms with E-state index < -0.39 is 35.1 Å². The van der Waals surface area contributed by atoms with Crippen molar-refractivity contribution >= 4 is 187 Å². The molecule has 0 fully saturated rings. The van der Waals surface area contributed by atoms with Crippen LogP contribution in [-0.2, 0) is 55.5 Å². The fourth-order valence-corrected chi connectivity index (χ4v) is 13.3. The van der Waals surface area contributed by atoms with E-state index in [0.717, 1.165) is 47.9 Å². The molecule has 11 rings (SSSR count). The van der Waals surface area contributed by atoms with Crippen LogP contribution in [0, 0.1) is 3.57 Å². The molecular weight excluding hydrogens is 1800 g/mol. The minimum atomic E-state index is -3.63. The second-order valence-corrected chi connectivity index (χ2v) is 32.5. The number of thiol groups is 1. The minimum absolute atomic E-state index is 0. The Balaban J connectivity index is 0.000000208. The summed E-state index contributed by atoms with van der Waals surface area (Å²) in [5.74, 6) is 0.563. The van der Waals surface area contributed by atoms with E-state index in [2.05, 4.69) is 136 Å². The molecule has 0 saturated heterocycles. The van der Waals surface area contributed by atoms with Gasteiger partial charge in [-0.25, -0.2) is 50.2 Å². The molecular formula is C64H51Br4Cl3IN7O7PdS5. The zero-order valence-electron chi connectivity index (χ0n) is 47.7. The van der Waals surface area contributed by atoms with E-state index in [9.17, 15) is 30.4 Å². The van der Waals surface area contributed by atoms with Crippen LogP contribution in [0.25, 0.3) is 11.1 Å². The van der Waals surface area contributed by atoms with Crippen molar-refractivity contribution in [1.82, 2.24) is 24.9 Å². The van der Waals surface area contributed by atoms with Crippen molar-refractivity contribution in [2.45, 2.75) is 63.5 Å². The Kier molecular flexibility index (Phi) is 31.4. The molecule has 11 aromatic rings. The van der Waals surface area contributed by atoms with Gasteiger partial charge in [-0.2, -0.15) is 0 Å². The molecule has 0 bridgehead atoms. The Labute approximate surface area is 620 Å². The molecule has 5 aromatic heterocycles. The predicted molar refractivity (Wildman–Crippen MR) is 389 cm³/mol. The van der Waals surface area contributed by atoms with Crippen molar-refractivity contribution in [3.8, 4) is 11.1 Å². The van der Waals surface area contributed by atoms with Crippen molar-refractivity contribution in [3.63, 3.8) is 0 Å². The van der Waals surface area contributed by atoms with E-state index >= 15 is 0 Å². The predicted octanol–water partition coefficient (Wildman–Crippen LogP) is 18.7. The number of sulfone groups is 3. The van der Waals surface area contributed by atoms with Gasteiger partial charge in [0.25, 0.3) is 0 Å². The third-order valence-corrected chi connectivity index (χ3v) is 21.7. The fraction of sp³-hybridized carbons (Fsp3) is 0.0469. The van der Waals surface area contributed by atoms with Gasteiger partial charge in [-0.1, -0.05) is 147 Å². The molecule has 0 saturated carbocycles. The largest absolute Gasteiger partial charge is 0.386 e. The standard InChI is InChI=1S/C20H20N2O3S.C11H7BrClNO2S.C11H7BrClNS.C11H9BrN2O2S.C6H5BrS.C5H3ClIN.Pd/c1-20(2,23)16-7-3-14(4-8-16)15-5-9-17(10-6-15)26(24,25)18-11-12-19(21)22-13-18;12-8-1-3-9(4-2-8)17(15,16)10-5-6-11(13)14-7-10;12-8-1-3-9(4-2-8)15-10-5-6-11(13)14-7-10;12-8-1-3-9(4-2-8)17(15,16)10-5-6-11(13)14-7-10;7-5-1-3-6(8)4-2-5;6-5-2-1-4(7)3-8-5;/h3-13,23H,1-2H3,(H2,21,22);1-7H;1-7H;1-7H,(H2,13,14);1-4,8H;1-3H;. The smallest absolute Gasteiger partial charge is 0.208 e. The molecule has 0 radical (unpaired) electrons. The molecule has 92 heavy (non-hydrogen) atoms. The molecule has 5 N–H and O–H groups in total.